The van der Waals surface area contributed by atoms with E-state index in [-0.39, 0.29) is 40.2 Å². The molecule has 1 amide bonds. The number of esters is 3. The molecule has 0 aliphatic carbocycles. The summed E-state index contributed by atoms with van der Waals surface area (Å²) in [5, 5.41) is 21.2. The van der Waals surface area contributed by atoms with Crippen LogP contribution in [0.15, 0.2) is 16.1 Å². The van der Waals surface area contributed by atoms with E-state index in [4.69, 9.17) is 15.2 Å². The first-order chi connectivity index (χ1) is 22.8. The zero-order chi connectivity index (χ0) is 37.1. The fourth-order valence-corrected chi connectivity index (χ4v) is 4.33. The Hall–Kier alpha value is -3.51. The molecule has 0 atom stereocenters. The topological polar surface area (TPSA) is 238 Å². The van der Waals surface area contributed by atoms with Crippen LogP contribution in [-0.4, -0.2) is 111 Å². The van der Waals surface area contributed by atoms with Gasteiger partial charge in [-0.25, -0.2) is 29.3 Å². The standard InChI is InChI=1S/2C7H10N2O2S.C6H9N3OS.C4H5BrO3.C2H6N2S.BrH/c2*1-3-11-6(10)5-4-12-7(8-2)9-5;1-7-5(10)4-3-11-6(8-2)9-4;1-8-4(7)3(6)2-5;1-4-2(3)5;/h2*4H,3H2,1-2H3,(H,8,9);3H,1-2H3,(H,7,10)(H,8,9);2H2,1H3;1H3,(H3,3,4,5);1H. The maximum atomic E-state index is 11.1. The number of Topliss-reactive ketones (excluding diaryl/α,β-unsaturated/α-hetero) is 1. The molecule has 49 heavy (non-hydrogen) atoms. The van der Waals surface area contributed by atoms with Crippen LogP contribution in [-0.2, 0) is 23.8 Å². The quantitative estimate of drug-likeness (QED) is 0.0562. The molecule has 0 bridgehead atoms. The second-order valence-electron chi connectivity index (χ2n) is 7.55. The van der Waals surface area contributed by atoms with Crippen LogP contribution in [0.3, 0.4) is 0 Å². The number of hydrogen-bond donors (Lipinski definition) is 6. The van der Waals surface area contributed by atoms with Crippen LogP contribution >= 0.6 is 79.1 Å². The number of amides is 1. The van der Waals surface area contributed by atoms with Gasteiger partial charge >= 0.3 is 17.9 Å². The van der Waals surface area contributed by atoms with E-state index < -0.39 is 11.8 Å². The van der Waals surface area contributed by atoms with Crippen molar-refractivity contribution in [3.8, 4) is 0 Å². The van der Waals surface area contributed by atoms with Crippen molar-refractivity contribution >= 4 is 129 Å². The molecule has 0 radical (unpaired) electrons. The summed E-state index contributed by atoms with van der Waals surface area (Å²) >= 11 is 11.3. The average molecular weight is 896 g/mol. The van der Waals surface area contributed by atoms with Gasteiger partial charge in [-0.3, -0.25) is 9.59 Å². The van der Waals surface area contributed by atoms with Gasteiger partial charge in [-0.2, -0.15) is 0 Å². The van der Waals surface area contributed by atoms with Crippen LogP contribution in [0.25, 0.3) is 0 Å². The largest absolute Gasteiger partial charge is 0.463 e. The number of nitrogens with one attached hydrogen (secondary N) is 5. The predicted molar refractivity (Wildman–Crippen MR) is 207 cm³/mol. The molecule has 0 aliphatic rings. The van der Waals surface area contributed by atoms with Gasteiger partial charge < -0.3 is 46.5 Å². The van der Waals surface area contributed by atoms with Gasteiger partial charge in [-0.1, -0.05) is 15.9 Å². The molecule has 7 N–H and O–H groups in total. The highest BCUT2D eigenvalue weighted by atomic mass is 79.9. The molecule has 0 aromatic carbocycles. The van der Waals surface area contributed by atoms with E-state index in [1.165, 1.54) is 41.1 Å². The summed E-state index contributed by atoms with van der Waals surface area (Å²) in [5.41, 5.74) is 6.11. The van der Waals surface area contributed by atoms with Crippen LogP contribution in [0.1, 0.15) is 45.3 Å². The van der Waals surface area contributed by atoms with Gasteiger partial charge in [0.2, 0.25) is 5.78 Å². The number of ketones is 1. The second-order valence-corrected chi connectivity index (χ2v) is 11.1. The van der Waals surface area contributed by atoms with Gasteiger partial charge in [0.05, 0.1) is 25.7 Å². The first kappa shape index (κ1) is 49.9. The molecule has 0 aliphatic heterocycles. The number of methoxy groups -OCH3 is 1. The summed E-state index contributed by atoms with van der Waals surface area (Å²) in [7, 11) is 9.72. The van der Waals surface area contributed by atoms with Crippen molar-refractivity contribution in [2.45, 2.75) is 13.8 Å². The minimum Gasteiger partial charge on any atom is -0.463 e. The highest BCUT2D eigenvalue weighted by Gasteiger charge is 2.11. The minimum absolute atomic E-state index is 0. The molecule has 0 fully saturated rings. The van der Waals surface area contributed by atoms with Crippen molar-refractivity contribution in [2.75, 3.05) is 76.8 Å². The Morgan fingerprint density at radius 2 is 1.10 bits per heavy atom. The molecule has 276 valence electrons. The van der Waals surface area contributed by atoms with Gasteiger partial charge in [0.1, 0.15) is 5.69 Å². The lowest BCUT2D eigenvalue weighted by atomic mass is 10.5. The number of aromatic nitrogens is 3. The van der Waals surface area contributed by atoms with Crippen molar-refractivity contribution < 1.29 is 38.2 Å². The number of rotatable bonds is 10. The Bertz CT molecular complexity index is 1350. The fourth-order valence-electron chi connectivity index (χ4n) is 2.16. The third-order valence-corrected chi connectivity index (χ3v) is 7.66. The molecule has 17 nitrogen and oxygen atoms in total. The maximum Gasteiger partial charge on any atom is 0.375 e. The summed E-state index contributed by atoms with van der Waals surface area (Å²) in [6.07, 6.45) is 0. The number of carbonyl (C=O) groups excluding carboxylic acids is 5. The van der Waals surface area contributed by atoms with Crippen molar-refractivity contribution in [3.05, 3.63) is 33.2 Å². The van der Waals surface area contributed by atoms with E-state index in [2.05, 4.69) is 74.4 Å². The first-order valence-corrected chi connectivity index (χ1v) is 17.6. The monoisotopic (exact) mass is 893 g/mol. The summed E-state index contributed by atoms with van der Waals surface area (Å²) in [6.45, 7) is 4.29. The molecular weight excluding hydrogens is 854 g/mol. The van der Waals surface area contributed by atoms with E-state index >= 15 is 0 Å². The van der Waals surface area contributed by atoms with Crippen molar-refractivity contribution in [1.82, 2.24) is 25.6 Å². The number of halogens is 2. The minimum atomic E-state index is -0.804. The number of thiazole rings is 3. The van der Waals surface area contributed by atoms with Crippen LogP contribution in [0.2, 0.25) is 0 Å². The Balaban J connectivity index is -0.000000552. The molecule has 3 rings (SSSR count). The summed E-state index contributed by atoms with van der Waals surface area (Å²) < 4.78 is 13.6. The van der Waals surface area contributed by atoms with Gasteiger partial charge in [-0.15, -0.1) is 51.0 Å². The Kier molecular flexibility index (Phi) is 31.1. The third-order valence-electron chi connectivity index (χ3n) is 4.36. The third kappa shape index (κ3) is 22.7. The summed E-state index contributed by atoms with van der Waals surface area (Å²) in [5.74, 6) is -2.25. The van der Waals surface area contributed by atoms with E-state index in [1.54, 1.807) is 65.2 Å². The average Bonchev–Trinajstić information content (AvgIpc) is 3.90. The summed E-state index contributed by atoms with van der Waals surface area (Å²) in [6, 6.07) is 0. The van der Waals surface area contributed by atoms with Crippen LogP contribution < -0.4 is 32.3 Å². The van der Waals surface area contributed by atoms with Gasteiger partial charge in [0.25, 0.3) is 5.91 Å². The lowest BCUT2D eigenvalue weighted by Gasteiger charge is -1.95. The Morgan fingerprint density at radius 1 is 0.755 bits per heavy atom. The molecule has 0 saturated carbocycles. The Morgan fingerprint density at radius 3 is 1.33 bits per heavy atom. The van der Waals surface area contributed by atoms with E-state index in [0.29, 0.717) is 35.4 Å². The van der Waals surface area contributed by atoms with Crippen LogP contribution in [0, 0.1) is 0 Å². The predicted octanol–water partition coefficient (Wildman–Crippen LogP) is 3.42. The van der Waals surface area contributed by atoms with Crippen LogP contribution in [0.4, 0.5) is 15.4 Å². The summed E-state index contributed by atoms with van der Waals surface area (Å²) in [4.78, 5) is 65.4. The second kappa shape index (κ2) is 30.5. The van der Waals surface area contributed by atoms with E-state index in [0.717, 1.165) is 15.4 Å². The smallest absolute Gasteiger partial charge is 0.375 e. The lowest BCUT2D eigenvalue weighted by Crippen LogP contribution is -2.24. The van der Waals surface area contributed by atoms with Crippen molar-refractivity contribution in [3.63, 3.8) is 0 Å². The van der Waals surface area contributed by atoms with Gasteiger partial charge in [0, 0.05) is 51.4 Å². The van der Waals surface area contributed by atoms with Gasteiger partial charge in [-0.05, 0) is 26.1 Å². The van der Waals surface area contributed by atoms with Crippen LogP contribution in [0.5, 0.6) is 0 Å². The molecular formula is C26H41Br2N9O8S4. The van der Waals surface area contributed by atoms with E-state index in [9.17, 15) is 24.0 Å². The molecule has 23 heteroatoms. The number of nitrogens with zero attached hydrogens (tertiary/aromatic N) is 3. The molecule has 3 aromatic heterocycles. The molecule has 3 heterocycles. The highest BCUT2D eigenvalue weighted by Crippen LogP contribution is 2.16. The number of nitrogens with two attached hydrogens (primary N) is 1. The number of hydrogen-bond acceptors (Lipinski definition) is 18. The molecule has 3 aromatic rings. The van der Waals surface area contributed by atoms with Gasteiger partial charge in [0.15, 0.2) is 31.9 Å². The number of carbonyl (C=O) groups is 5. The lowest BCUT2D eigenvalue weighted by molar-refractivity contribution is -0.150. The zero-order valence-electron chi connectivity index (χ0n) is 28.0. The molecule has 0 spiro atoms. The number of thiocarbonyl (C=S) groups is 1. The van der Waals surface area contributed by atoms with E-state index in [1.807, 2.05) is 0 Å². The number of ether oxygens (including phenoxy) is 3. The Labute approximate surface area is 320 Å². The number of alkyl halides is 1. The van der Waals surface area contributed by atoms with Crippen molar-refractivity contribution in [2.24, 2.45) is 5.73 Å². The normalized spacial score (nSPS) is 8.76. The molecule has 0 unspecified atom stereocenters. The number of anilines is 3. The SMILES string of the molecule is Br.CCOC(=O)c1csc(NC)n1.CCOC(=O)c1csc(NC)n1.CNC(=O)c1csc(NC)n1.CNC(N)=S.COC(=O)C(=O)CBr. The maximum absolute atomic E-state index is 11.1. The molecule has 0 saturated heterocycles. The van der Waals surface area contributed by atoms with Crippen molar-refractivity contribution in [1.29, 1.82) is 0 Å². The first-order valence-electron chi connectivity index (χ1n) is 13.4. The zero-order valence-corrected chi connectivity index (χ0v) is 34.5. The fraction of sp³-hybridized carbons (Fsp3) is 0.423. The highest BCUT2D eigenvalue weighted by molar-refractivity contribution is 9.09.